The molecule has 1 aromatic carbocycles. The molecule has 2 aromatic rings. The Kier molecular flexibility index (Phi) is 2.65. The van der Waals surface area contributed by atoms with E-state index in [1.807, 2.05) is 30.3 Å². The van der Waals surface area contributed by atoms with Crippen LogP contribution in [-0.4, -0.2) is 15.2 Å². The van der Waals surface area contributed by atoms with Crippen LogP contribution in [0.1, 0.15) is 48.6 Å². The van der Waals surface area contributed by atoms with Crippen molar-refractivity contribution < 1.29 is 9.63 Å². The Bertz CT molecular complexity index is 491. The number of aliphatic hydroxyl groups is 1. The first-order valence-electron chi connectivity index (χ1n) is 5.91. The number of benzene rings is 1. The smallest absolute Gasteiger partial charge is 0.260 e. The third-order valence-corrected chi connectivity index (χ3v) is 3.28. The summed E-state index contributed by atoms with van der Waals surface area (Å²) in [7, 11) is 0. The number of rotatable bonds is 3. The van der Waals surface area contributed by atoms with Crippen LogP contribution in [0, 0.1) is 0 Å². The van der Waals surface area contributed by atoms with Crippen LogP contribution >= 0.6 is 0 Å². The van der Waals surface area contributed by atoms with Gasteiger partial charge in [-0.25, -0.2) is 0 Å². The zero-order valence-corrected chi connectivity index (χ0v) is 9.41. The largest absolute Gasteiger partial charge is 0.378 e. The van der Waals surface area contributed by atoms with Crippen molar-refractivity contribution in [1.82, 2.24) is 10.1 Å². The molecule has 0 spiro atoms. The van der Waals surface area contributed by atoms with Crippen molar-refractivity contribution in [3.8, 4) is 0 Å². The lowest BCUT2D eigenvalue weighted by Crippen LogP contribution is -2.10. The predicted molar refractivity (Wildman–Crippen MR) is 61.4 cm³/mol. The minimum absolute atomic E-state index is 0.290. The van der Waals surface area contributed by atoms with Gasteiger partial charge >= 0.3 is 0 Å². The third kappa shape index (κ3) is 1.96. The number of nitrogens with zero attached hydrogens (tertiary/aromatic N) is 2. The summed E-state index contributed by atoms with van der Waals surface area (Å²) < 4.78 is 5.13. The average molecular weight is 230 g/mol. The van der Waals surface area contributed by atoms with E-state index < -0.39 is 6.10 Å². The van der Waals surface area contributed by atoms with Gasteiger partial charge in [0.05, 0.1) is 0 Å². The molecule has 0 amide bonds. The van der Waals surface area contributed by atoms with Crippen LogP contribution in [0.15, 0.2) is 34.9 Å². The first kappa shape index (κ1) is 10.5. The van der Waals surface area contributed by atoms with Crippen molar-refractivity contribution >= 4 is 0 Å². The molecule has 88 valence electrons. The van der Waals surface area contributed by atoms with Crippen molar-refractivity contribution in [2.75, 3.05) is 0 Å². The van der Waals surface area contributed by atoms with Crippen LogP contribution in [0.4, 0.5) is 0 Å². The van der Waals surface area contributed by atoms with Crippen molar-refractivity contribution in [3.05, 3.63) is 47.6 Å². The van der Waals surface area contributed by atoms with Crippen LogP contribution in [-0.2, 0) is 0 Å². The Balaban J connectivity index is 1.81. The molecule has 1 unspecified atom stereocenters. The van der Waals surface area contributed by atoms with Crippen molar-refractivity contribution in [2.24, 2.45) is 0 Å². The Labute approximate surface area is 99.3 Å². The number of hydrogen-bond acceptors (Lipinski definition) is 4. The molecule has 1 heterocycles. The van der Waals surface area contributed by atoms with Crippen LogP contribution < -0.4 is 0 Å². The molecule has 0 radical (unpaired) electrons. The second-order valence-electron chi connectivity index (χ2n) is 4.43. The lowest BCUT2D eigenvalue weighted by Gasteiger charge is -2.21. The Hall–Kier alpha value is -1.68. The lowest BCUT2D eigenvalue weighted by molar-refractivity contribution is 0.170. The molecular weight excluding hydrogens is 216 g/mol. The zero-order chi connectivity index (χ0) is 11.7. The molecule has 1 aromatic heterocycles. The highest BCUT2D eigenvalue weighted by Gasteiger charge is 2.26. The van der Waals surface area contributed by atoms with Gasteiger partial charge in [0.25, 0.3) is 5.89 Å². The maximum Gasteiger partial charge on any atom is 0.260 e. The van der Waals surface area contributed by atoms with E-state index in [4.69, 9.17) is 4.52 Å². The van der Waals surface area contributed by atoms with Gasteiger partial charge in [0.15, 0.2) is 11.9 Å². The van der Waals surface area contributed by atoms with E-state index in [1.165, 1.54) is 6.42 Å². The molecule has 1 fully saturated rings. The SMILES string of the molecule is OC(c1ccccc1)c1nc(C2CCC2)no1. The molecule has 1 saturated carbocycles. The molecule has 1 N–H and O–H groups in total. The monoisotopic (exact) mass is 230 g/mol. The second kappa shape index (κ2) is 4.30. The van der Waals surface area contributed by atoms with E-state index in [1.54, 1.807) is 0 Å². The lowest BCUT2D eigenvalue weighted by atomic mass is 9.85. The van der Waals surface area contributed by atoms with Gasteiger partial charge < -0.3 is 9.63 Å². The maximum absolute atomic E-state index is 10.1. The van der Waals surface area contributed by atoms with Gasteiger partial charge in [0, 0.05) is 5.92 Å². The predicted octanol–water partition coefficient (Wildman–Crippen LogP) is 2.42. The van der Waals surface area contributed by atoms with Gasteiger partial charge in [-0.3, -0.25) is 0 Å². The quantitative estimate of drug-likeness (QED) is 0.879. The summed E-state index contributed by atoms with van der Waals surface area (Å²) in [5.41, 5.74) is 0.774. The molecule has 0 bridgehead atoms. The van der Waals surface area contributed by atoms with Gasteiger partial charge in [-0.05, 0) is 18.4 Å². The molecule has 1 aliphatic carbocycles. The minimum atomic E-state index is -0.822. The Morgan fingerprint density at radius 3 is 2.65 bits per heavy atom. The fraction of sp³-hybridized carbons (Fsp3) is 0.385. The summed E-state index contributed by atoms with van der Waals surface area (Å²) in [4.78, 5) is 4.28. The standard InChI is InChI=1S/C13H14N2O2/c16-11(9-5-2-1-3-6-9)13-14-12(15-17-13)10-7-4-8-10/h1-3,5-6,10-11,16H,4,7-8H2. The summed E-state index contributed by atoms with van der Waals surface area (Å²) >= 11 is 0. The van der Waals surface area contributed by atoms with Gasteiger partial charge in [-0.1, -0.05) is 41.9 Å². The summed E-state index contributed by atoms with van der Waals surface area (Å²) in [6.45, 7) is 0. The van der Waals surface area contributed by atoms with Crippen molar-refractivity contribution in [2.45, 2.75) is 31.3 Å². The van der Waals surface area contributed by atoms with E-state index in [0.29, 0.717) is 5.92 Å². The van der Waals surface area contributed by atoms with Crippen LogP contribution in [0.25, 0.3) is 0 Å². The molecule has 0 aliphatic heterocycles. The average Bonchev–Trinajstić information content (AvgIpc) is 2.76. The highest BCUT2D eigenvalue weighted by molar-refractivity contribution is 5.21. The highest BCUT2D eigenvalue weighted by Crippen LogP contribution is 2.35. The summed E-state index contributed by atoms with van der Waals surface area (Å²) in [5.74, 6) is 1.45. The molecular formula is C13H14N2O2. The third-order valence-electron chi connectivity index (χ3n) is 3.28. The zero-order valence-electron chi connectivity index (χ0n) is 9.41. The highest BCUT2D eigenvalue weighted by atomic mass is 16.5. The second-order valence-corrected chi connectivity index (χ2v) is 4.43. The molecule has 3 rings (SSSR count). The van der Waals surface area contributed by atoms with E-state index in [-0.39, 0.29) is 5.89 Å². The Morgan fingerprint density at radius 2 is 2.00 bits per heavy atom. The van der Waals surface area contributed by atoms with Crippen LogP contribution in [0.3, 0.4) is 0 Å². The van der Waals surface area contributed by atoms with Crippen LogP contribution in [0.5, 0.6) is 0 Å². The molecule has 4 nitrogen and oxygen atoms in total. The first-order chi connectivity index (χ1) is 8.34. The van der Waals surface area contributed by atoms with Crippen LogP contribution in [0.2, 0.25) is 0 Å². The first-order valence-corrected chi connectivity index (χ1v) is 5.91. The molecule has 0 saturated heterocycles. The fourth-order valence-electron chi connectivity index (χ4n) is 1.97. The van der Waals surface area contributed by atoms with Crippen molar-refractivity contribution in [3.63, 3.8) is 0 Å². The summed E-state index contributed by atoms with van der Waals surface area (Å²) in [6.07, 6.45) is 2.66. The maximum atomic E-state index is 10.1. The topological polar surface area (TPSA) is 59.2 Å². The Morgan fingerprint density at radius 1 is 1.24 bits per heavy atom. The summed E-state index contributed by atoms with van der Waals surface area (Å²) in [6, 6.07) is 9.35. The normalized spacial score (nSPS) is 17.7. The van der Waals surface area contributed by atoms with E-state index >= 15 is 0 Å². The molecule has 17 heavy (non-hydrogen) atoms. The van der Waals surface area contributed by atoms with E-state index in [2.05, 4.69) is 10.1 Å². The van der Waals surface area contributed by atoms with Gasteiger partial charge in [0.2, 0.25) is 0 Å². The van der Waals surface area contributed by atoms with Gasteiger partial charge in [0.1, 0.15) is 0 Å². The molecule has 4 heteroatoms. The fourth-order valence-corrected chi connectivity index (χ4v) is 1.97. The van der Waals surface area contributed by atoms with E-state index in [9.17, 15) is 5.11 Å². The molecule has 1 atom stereocenters. The number of aliphatic hydroxyl groups excluding tert-OH is 1. The van der Waals surface area contributed by atoms with Gasteiger partial charge in [-0.15, -0.1) is 0 Å². The summed E-state index contributed by atoms with van der Waals surface area (Å²) in [5, 5.41) is 14.0. The minimum Gasteiger partial charge on any atom is -0.378 e. The number of hydrogen-bond donors (Lipinski definition) is 1. The van der Waals surface area contributed by atoms with E-state index in [0.717, 1.165) is 24.2 Å². The number of aromatic nitrogens is 2. The van der Waals surface area contributed by atoms with Gasteiger partial charge in [-0.2, -0.15) is 4.98 Å². The van der Waals surface area contributed by atoms with Crippen molar-refractivity contribution in [1.29, 1.82) is 0 Å². The molecule has 1 aliphatic rings.